The molecule has 0 aromatic carbocycles. The molecule has 8 heteroatoms. The van der Waals surface area contributed by atoms with Gasteiger partial charge in [0.2, 0.25) is 5.91 Å². The first-order chi connectivity index (χ1) is 12.7. The van der Waals surface area contributed by atoms with E-state index < -0.39 is 0 Å². The molecule has 2 N–H and O–H groups in total. The van der Waals surface area contributed by atoms with Gasteiger partial charge in [-0.05, 0) is 22.9 Å². The maximum absolute atomic E-state index is 12.2. The van der Waals surface area contributed by atoms with Crippen LogP contribution in [0.25, 0.3) is 0 Å². The van der Waals surface area contributed by atoms with Gasteiger partial charge < -0.3 is 15.4 Å². The van der Waals surface area contributed by atoms with Crippen LogP contribution in [0.3, 0.4) is 0 Å². The second kappa shape index (κ2) is 9.82. The van der Waals surface area contributed by atoms with E-state index in [9.17, 15) is 9.59 Å². The van der Waals surface area contributed by atoms with E-state index in [1.807, 2.05) is 11.4 Å². The molecule has 26 heavy (non-hydrogen) atoms. The highest BCUT2D eigenvalue weighted by atomic mass is 32.1. The summed E-state index contributed by atoms with van der Waals surface area (Å²) >= 11 is 3.19. The minimum absolute atomic E-state index is 0.0505. The molecule has 6 nitrogen and oxygen atoms in total. The predicted octanol–water partition coefficient (Wildman–Crippen LogP) is 2.12. The average Bonchev–Trinajstić information content (AvgIpc) is 3.37. The molecule has 0 saturated carbocycles. The first kappa shape index (κ1) is 19.0. The maximum atomic E-state index is 12.2. The van der Waals surface area contributed by atoms with Gasteiger partial charge >= 0.3 is 0 Å². The van der Waals surface area contributed by atoms with Crippen molar-refractivity contribution < 1.29 is 14.3 Å². The van der Waals surface area contributed by atoms with Gasteiger partial charge in [0.25, 0.3) is 5.91 Å². The Kier molecular flexibility index (Phi) is 7.19. The van der Waals surface area contributed by atoms with Crippen LogP contribution in [-0.2, 0) is 9.53 Å². The lowest BCUT2D eigenvalue weighted by molar-refractivity contribution is -0.121. The molecule has 3 rings (SSSR count). The molecule has 2 aromatic heterocycles. The maximum Gasteiger partial charge on any atom is 0.252 e. The van der Waals surface area contributed by atoms with Crippen molar-refractivity contribution in [3.05, 3.63) is 44.8 Å². The van der Waals surface area contributed by atoms with Gasteiger partial charge in [-0.25, -0.2) is 0 Å². The van der Waals surface area contributed by atoms with Crippen molar-refractivity contribution in [3.63, 3.8) is 0 Å². The van der Waals surface area contributed by atoms with Gasteiger partial charge in [-0.1, -0.05) is 6.07 Å². The Labute approximate surface area is 161 Å². The predicted molar refractivity (Wildman–Crippen MR) is 104 cm³/mol. The van der Waals surface area contributed by atoms with Crippen molar-refractivity contribution in [3.8, 4) is 0 Å². The summed E-state index contributed by atoms with van der Waals surface area (Å²) in [7, 11) is 0. The monoisotopic (exact) mass is 393 g/mol. The van der Waals surface area contributed by atoms with Crippen LogP contribution in [0.2, 0.25) is 0 Å². The van der Waals surface area contributed by atoms with Gasteiger partial charge in [-0.15, -0.1) is 11.3 Å². The highest BCUT2D eigenvalue weighted by Gasteiger charge is 2.23. The summed E-state index contributed by atoms with van der Waals surface area (Å²) < 4.78 is 5.43. The quantitative estimate of drug-likeness (QED) is 0.721. The number of thiophene rings is 2. The summed E-state index contributed by atoms with van der Waals surface area (Å²) in [6.45, 7) is 4.10. The van der Waals surface area contributed by atoms with E-state index in [0.717, 1.165) is 26.3 Å². The van der Waals surface area contributed by atoms with Crippen molar-refractivity contribution in [1.82, 2.24) is 15.5 Å². The first-order valence-corrected chi connectivity index (χ1v) is 10.5. The van der Waals surface area contributed by atoms with Crippen molar-refractivity contribution >= 4 is 34.5 Å². The third kappa shape index (κ3) is 5.38. The third-order valence-electron chi connectivity index (χ3n) is 4.27. The Morgan fingerprint density at radius 2 is 2.04 bits per heavy atom. The van der Waals surface area contributed by atoms with E-state index in [1.165, 1.54) is 16.2 Å². The fourth-order valence-electron chi connectivity index (χ4n) is 2.86. The number of hydrogen-bond acceptors (Lipinski definition) is 6. The smallest absolute Gasteiger partial charge is 0.252 e. The Morgan fingerprint density at radius 1 is 1.19 bits per heavy atom. The number of nitrogens with zero attached hydrogens (tertiary/aromatic N) is 1. The zero-order valence-corrected chi connectivity index (χ0v) is 16.1. The summed E-state index contributed by atoms with van der Waals surface area (Å²) in [5.41, 5.74) is 0.639. The second-order valence-electron chi connectivity index (χ2n) is 6.00. The number of nitrogens with one attached hydrogen (secondary N) is 2. The number of ether oxygens (including phenoxy) is 1. The SMILES string of the molecule is O=C(CCNC(=O)c1ccsc1)NC[C@H](c1cccs1)N1CCOCC1. The summed E-state index contributed by atoms with van der Waals surface area (Å²) in [6, 6.07) is 6.09. The minimum Gasteiger partial charge on any atom is -0.379 e. The lowest BCUT2D eigenvalue weighted by atomic mass is 10.2. The highest BCUT2D eigenvalue weighted by molar-refractivity contribution is 7.10. The first-order valence-electron chi connectivity index (χ1n) is 8.66. The molecular formula is C18H23N3O3S2. The van der Waals surface area contributed by atoms with Crippen LogP contribution in [0.4, 0.5) is 0 Å². The number of amides is 2. The Balaban J connectivity index is 1.44. The van der Waals surface area contributed by atoms with Crippen LogP contribution in [0.1, 0.15) is 27.7 Å². The average molecular weight is 394 g/mol. The van der Waals surface area contributed by atoms with Gasteiger partial charge in [0.1, 0.15) is 0 Å². The molecule has 0 radical (unpaired) electrons. The molecule has 0 spiro atoms. The fourth-order valence-corrected chi connectivity index (χ4v) is 4.36. The number of morpholine rings is 1. The third-order valence-corrected chi connectivity index (χ3v) is 5.93. The molecule has 2 aromatic rings. The molecule has 3 heterocycles. The van der Waals surface area contributed by atoms with Crippen LogP contribution in [0, 0.1) is 0 Å². The van der Waals surface area contributed by atoms with Gasteiger partial charge in [0, 0.05) is 48.4 Å². The van der Waals surface area contributed by atoms with Crippen molar-refractivity contribution in [2.45, 2.75) is 12.5 Å². The van der Waals surface area contributed by atoms with Gasteiger partial charge in [0.05, 0.1) is 19.3 Å². The zero-order valence-electron chi connectivity index (χ0n) is 14.5. The van der Waals surface area contributed by atoms with E-state index >= 15 is 0 Å². The summed E-state index contributed by atoms with van der Waals surface area (Å²) in [5, 5.41) is 11.5. The van der Waals surface area contributed by atoms with Gasteiger partial charge in [0.15, 0.2) is 0 Å². The molecule has 2 amide bonds. The van der Waals surface area contributed by atoms with Crippen LogP contribution in [0.5, 0.6) is 0 Å². The molecule has 1 aliphatic rings. The molecule has 0 bridgehead atoms. The van der Waals surface area contributed by atoms with Crippen molar-refractivity contribution in [2.24, 2.45) is 0 Å². The van der Waals surface area contributed by atoms with Crippen LogP contribution in [-0.4, -0.2) is 56.1 Å². The molecule has 140 valence electrons. The van der Waals surface area contributed by atoms with Crippen LogP contribution < -0.4 is 10.6 Å². The summed E-state index contributed by atoms with van der Waals surface area (Å²) in [4.78, 5) is 27.6. The standard InChI is InChI=1S/C18H23N3O3S2/c22-17(3-5-19-18(23)14-4-11-25-13-14)20-12-15(16-2-1-10-26-16)21-6-8-24-9-7-21/h1-2,4,10-11,13,15H,3,5-9,12H2,(H,19,23)(H,20,22)/t15-/m1/s1. The molecule has 1 fully saturated rings. The van der Waals surface area contributed by atoms with Gasteiger partial charge in [-0.2, -0.15) is 11.3 Å². The van der Waals surface area contributed by atoms with Crippen LogP contribution >= 0.6 is 22.7 Å². The lowest BCUT2D eigenvalue weighted by Crippen LogP contribution is -2.43. The molecule has 0 unspecified atom stereocenters. The summed E-state index contributed by atoms with van der Waals surface area (Å²) in [5.74, 6) is -0.186. The highest BCUT2D eigenvalue weighted by Crippen LogP contribution is 2.25. The molecule has 1 aliphatic heterocycles. The van der Waals surface area contributed by atoms with Crippen LogP contribution in [0.15, 0.2) is 34.3 Å². The second-order valence-corrected chi connectivity index (χ2v) is 7.76. The zero-order chi connectivity index (χ0) is 18.2. The Bertz CT molecular complexity index is 683. The molecular weight excluding hydrogens is 370 g/mol. The molecule has 0 aliphatic carbocycles. The normalized spacial score (nSPS) is 16.2. The number of carbonyl (C=O) groups is 2. The topological polar surface area (TPSA) is 70.7 Å². The summed E-state index contributed by atoms with van der Waals surface area (Å²) in [6.07, 6.45) is 0.274. The minimum atomic E-state index is -0.135. The molecule has 1 saturated heterocycles. The number of hydrogen-bond donors (Lipinski definition) is 2. The number of rotatable bonds is 8. The van der Waals surface area contributed by atoms with E-state index in [1.54, 1.807) is 22.8 Å². The largest absolute Gasteiger partial charge is 0.379 e. The van der Waals surface area contributed by atoms with E-state index in [2.05, 4.69) is 27.0 Å². The van der Waals surface area contributed by atoms with Crippen molar-refractivity contribution in [1.29, 1.82) is 0 Å². The van der Waals surface area contributed by atoms with E-state index in [4.69, 9.17) is 4.74 Å². The fraction of sp³-hybridized carbons (Fsp3) is 0.444. The number of carbonyl (C=O) groups excluding carboxylic acids is 2. The van der Waals surface area contributed by atoms with Crippen molar-refractivity contribution in [2.75, 3.05) is 39.4 Å². The van der Waals surface area contributed by atoms with E-state index in [0.29, 0.717) is 18.7 Å². The lowest BCUT2D eigenvalue weighted by Gasteiger charge is -2.34. The molecule has 1 atom stereocenters. The van der Waals surface area contributed by atoms with E-state index in [-0.39, 0.29) is 24.3 Å². The Hall–Kier alpha value is -1.74. The Morgan fingerprint density at radius 3 is 2.73 bits per heavy atom. The van der Waals surface area contributed by atoms with Gasteiger partial charge in [-0.3, -0.25) is 14.5 Å².